The Bertz CT molecular complexity index is 939. The maximum Gasteiger partial charge on any atom is 0.228 e. The summed E-state index contributed by atoms with van der Waals surface area (Å²) >= 11 is 1.57. The molecule has 0 aliphatic heterocycles. The molecule has 1 aromatic heterocycles. The van der Waals surface area contributed by atoms with Gasteiger partial charge in [-0.15, -0.1) is 11.3 Å². The summed E-state index contributed by atoms with van der Waals surface area (Å²) in [6.07, 6.45) is 0.310. The van der Waals surface area contributed by atoms with Crippen molar-refractivity contribution in [2.75, 3.05) is 27.2 Å². The molecule has 4 nitrogen and oxygen atoms in total. The van der Waals surface area contributed by atoms with E-state index in [1.807, 2.05) is 56.3 Å². The van der Waals surface area contributed by atoms with Crippen LogP contribution < -0.4 is 0 Å². The molecule has 29 heavy (non-hydrogen) atoms. The molecule has 0 saturated heterocycles. The molecule has 152 valence electrons. The predicted molar refractivity (Wildman–Crippen MR) is 116 cm³/mol. The van der Waals surface area contributed by atoms with E-state index in [2.05, 4.69) is 9.88 Å². The zero-order chi connectivity index (χ0) is 20.8. The largest absolute Gasteiger partial charge is 0.337 e. The van der Waals surface area contributed by atoms with Gasteiger partial charge in [0.25, 0.3) is 0 Å². The van der Waals surface area contributed by atoms with Crippen LogP contribution in [0.15, 0.2) is 54.6 Å². The van der Waals surface area contributed by atoms with Gasteiger partial charge in [-0.3, -0.25) is 4.79 Å². The van der Waals surface area contributed by atoms with Crippen molar-refractivity contribution in [3.63, 3.8) is 0 Å². The van der Waals surface area contributed by atoms with Gasteiger partial charge >= 0.3 is 0 Å². The number of likely N-dealkylation sites (N-methyl/N-ethyl adjacent to an activating group) is 1. The molecule has 3 aromatic rings. The first kappa shape index (κ1) is 21.1. The van der Waals surface area contributed by atoms with Crippen LogP contribution in [0.3, 0.4) is 0 Å². The molecule has 0 fully saturated rings. The highest BCUT2D eigenvalue weighted by atomic mass is 32.1. The molecule has 0 unspecified atom stereocenters. The van der Waals surface area contributed by atoms with E-state index in [1.54, 1.807) is 23.5 Å². The van der Waals surface area contributed by atoms with Crippen molar-refractivity contribution >= 4 is 17.2 Å². The molecule has 2 aromatic carbocycles. The summed E-state index contributed by atoms with van der Waals surface area (Å²) in [6.45, 7) is 3.81. The first-order valence-electron chi connectivity index (χ1n) is 9.61. The smallest absolute Gasteiger partial charge is 0.228 e. The molecule has 0 N–H and O–H groups in total. The highest BCUT2D eigenvalue weighted by Crippen LogP contribution is 2.29. The lowest BCUT2D eigenvalue weighted by molar-refractivity contribution is -0.131. The van der Waals surface area contributed by atoms with Crippen molar-refractivity contribution in [2.24, 2.45) is 0 Å². The zero-order valence-electron chi connectivity index (χ0n) is 17.1. The van der Waals surface area contributed by atoms with Gasteiger partial charge in [0.1, 0.15) is 5.82 Å². The molecule has 0 radical (unpaired) electrons. The molecule has 1 amide bonds. The third kappa shape index (κ3) is 5.95. The summed E-state index contributed by atoms with van der Waals surface area (Å²) < 4.78 is 13.2. The number of carbonyl (C=O) groups excluding carboxylic acids is 1. The summed E-state index contributed by atoms with van der Waals surface area (Å²) in [5.74, 6) is -0.218. The average molecular weight is 412 g/mol. The standard InChI is InChI=1S/C23H26FN3OS/c1-17-25-23(19-7-5-4-6-8-19)21(29-17)15-22(28)27(14-13-26(2)3)16-18-9-11-20(24)12-10-18/h4-12H,13-16H2,1-3H3. The number of aryl methyl sites for hydroxylation is 1. The molecule has 0 aliphatic rings. The van der Waals surface area contributed by atoms with Crippen molar-refractivity contribution in [1.29, 1.82) is 0 Å². The van der Waals surface area contributed by atoms with Crippen LogP contribution in [0.2, 0.25) is 0 Å². The van der Waals surface area contributed by atoms with E-state index in [9.17, 15) is 9.18 Å². The molecular formula is C23H26FN3OS. The van der Waals surface area contributed by atoms with Crippen molar-refractivity contribution in [1.82, 2.24) is 14.8 Å². The highest BCUT2D eigenvalue weighted by molar-refractivity contribution is 7.12. The van der Waals surface area contributed by atoms with Gasteiger partial charge in [-0.2, -0.15) is 0 Å². The number of hydrogen-bond acceptors (Lipinski definition) is 4. The summed E-state index contributed by atoms with van der Waals surface area (Å²) in [6, 6.07) is 16.3. The fourth-order valence-corrected chi connectivity index (χ4v) is 4.03. The molecule has 0 saturated carbocycles. The summed E-state index contributed by atoms with van der Waals surface area (Å²) in [5, 5.41) is 0.949. The van der Waals surface area contributed by atoms with E-state index in [1.165, 1.54) is 12.1 Å². The maximum absolute atomic E-state index is 13.2. The molecule has 6 heteroatoms. The average Bonchev–Trinajstić information content (AvgIpc) is 3.07. The van der Waals surface area contributed by atoms with E-state index >= 15 is 0 Å². The summed E-state index contributed by atoms with van der Waals surface area (Å²) in [7, 11) is 3.97. The van der Waals surface area contributed by atoms with E-state index in [0.29, 0.717) is 19.5 Å². The number of carbonyl (C=O) groups is 1. The number of benzene rings is 2. The van der Waals surface area contributed by atoms with Gasteiger partial charge in [0.05, 0.1) is 17.1 Å². The molecule has 3 rings (SSSR count). The predicted octanol–water partition coefficient (Wildman–Crippen LogP) is 4.39. The Morgan fingerprint density at radius 2 is 1.72 bits per heavy atom. The van der Waals surface area contributed by atoms with Crippen LogP contribution in [-0.2, 0) is 17.8 Å². The van der Waals surface area contributed by atoms with Gasteiger partial charge < -0.3 is 9.80 Å². The first-order valence-corrected chi connectivity index (χ1v) is 10.4. The third-order valence-corrected chi connectivity index (χ3v) is 5.59. The lowest BCUT2D eigenvalue weighted by Gasteiger charge is -2.24. The third-order valence-electron chi connectivity index (χ3n) is 4.62. The van der Waals surface area contributed by atoms with Gasteiger partial charge in [0.2, 0.25) is 5.91 Å². The fraction of sp³-hybridized carbons (Fsp3) is 0.304. The second kappa shape index (κ2) is 9.76. The molecule has 0 atom stereocenters. The maximum atomic E-state index is 13.2. The molecule has 0 spiro atoms. The number of halogens is 1. The minimum Gasteiger partial charge on any atom is -0.337 e. The first-order chi connectivity index (χ1) is 13.9. The van der Waals surface area contributed by atoms with Gasteiger partial charge in [-0.1, -0.05) is 42.5 Å². The fourth-order valence-electron chi connectivity index (χ4n) is 3.08. The van der Waals surface area contributed by atoms with Crippen LogP contribution in [-0.4, -0.2) is 47.9 Å². The van der Waals surface area contributed by atoms with Crippen LogP contribution in [0.5, 0.6) is 0 Å². The minimum atomic E-state index is -0.271. The van der Waals surface area contributed by atoms with Crippen LogP contribution in [0.25, 0.3) is 11.3 Å². The number of amides is 1. The number of aromatic nitrogens is 1. The lowest BCUT2D eigenvalue weighted by Crippen LogP contribution is -2.37. The Kier molecular flexibility index (Phi) is 7.12. The Morgan fingerprint density at radius 3 is 2.38 bits per heavy atom. The molecule has 0 aliphatic carbocycles. The van der Waals surface area contributed by atoms with Crippen molar-refractivity contribution < 1.29 is 9.18 Å². The van der Waals surface area contributed by atoms with E-state index in [-0.39, 0.29) is 11.7 Å². The SMILES string of the molecule is Cc1nc(-c2ccccc2)c(CC(=O)N(CCN(C)C)Cc2ccc(F)cc2)s1. The Labute approximate surface area is 175 Å². The Hall–Kier alpha value is -2.57. The van der Waals surface area contributed by atoms with E-state index < -0.39 is 0 Å². The van der Waals surface area contributed by atoms with Crippen LogP contribution in [0, 0.1) is 12.7 Å². The Morgan fingerprint density at radius 1 is 1.03 bits per heavy atom. The minimum absolute atomic E-state index is 0.0528. The number of nitrogens with zero attached hydrogens (tertiary/aromatic N) is 3. The van der Waals surface area contributed by atoms with Crippen LogP contribution in [0.4, 0.5) is 4.39 Å². The van der Waals surface area contributed by atoms with E-state index in [0.717, 1.165) is 33.3 Å². The second-order valence-electron chi connectivity index (χ2n) is 7.29. The summed E-state index contributed by atoms with van der Waals surface area (Å²) in [4.78, 5) is 22.7. The second-order valence-corrected chi connectivity index (χ2v) is 8.58. The monoisotopic (exact) mass is 411 g/mol. The topological polar surface area (TPSA) is 36.4 Å². The zero-order valence-corrected chi connectivity index (χ0v) is 17.9. The van der Waals surface area contributed by atoms with Gasteiger partial charge in [0, 0.05) is 30.1 Å². The molecular weight excluding hydrogens is 385 g/mol. The van der Waals surface area contributed by atoms with Crippen molar-refractivity contribution in [3.05, 3.63) is 75.9 Å². The highest BCUT2D eigenvalue weighted by Gasteiger charge is 2.20. The number of rotatable bonds is 8. The van der Waals surface area contributed by atoms with Crippen molar-refractivity contribution in [3.8, 4) is 11.3 Å². The van der Waals surface area contributed by atoms with Crippen LogP contribution in [0.1, 0.15) is 15.4 Å². The van der Waals surface area contributed by atoms with Crippen LogP contribution >= 0.6 is 11.3 Å². The molecule has 1 heterocycles. The van der Waals surface area contributed by atoms with E-state index in [4.69, 9.17) is 0 Å². The van der Waals surface area contributed by atoms with Gasteiger partial charge in [0.15, 0.2) is 0 Å². The van der Waals surface area contributed by atoms with Gasteiger partial charge in [-0.25, -0.2) is 9.37 Å². The number of hydrogen-bond donors (Lipinski definition) is 0. The normalized spacial score (nSPS) is 11.1. The lowest BCUT2D eigenvalue weighted by atomic mass is 10.1. The summed E-state index contributed by atoms with van der Waals surface area (Å²) in [5.41, 5.74) is 2.83. The number of thiazole rings is 1. The van der Waals surface area contributed by atoms with Crippen molar-refractivity contribution in [2.45, 2.75) is 19.9 Å². The quantitative estimate of drug-likeness (QED) is 0.552. The Balaban J connectivity index is 1.80. The molecule has 0 bridgehead atoms. The van der Waals surface area contributed by atoms with Gasteiger partial charge in [-0.05, 0) is 38.7 Å².